The number of aromatic nitrogens is 1. The number of aryl methyl sites for hydroxylation is 1. The van der Waals surface area contributed by atoms with E-state index in [2.05, 4.69) is 10.3 Å². The minimum absolute atomic E-state index is 0.118. The highest BCUT2D eigenvalue weighted by molar-refractivity contribution is 7.13. The molecule has 0 atom stereocenters. The summed E-state index contributed by atoms with van der Waals surface area (Å²) in [6.45, 7) is 4.23. The third-order valence-electron chi connectivity index (χ3n) is 1.92. The Balaban J connectivity index is 2.64. The molecule has 16 heavy (non-hydrogen) atoms. The number of amides is 1. The highest BCUT2D eigenvalue weighted by Crippen LogP contribution is 2.18. The van der Waals surface area contributed by atoms with Gasteiger partial charge in [0.05, 0.1) is 12.1 Å². The number of carboxylic acid groups (broad SMARTS) is 1. The van der Waals surface area contributed by atoms with Crippen molar-refractivity contribution < 1.29 is 14.7 Å². The number of nitrogens with one attached hydrogen (secondary N) is 1. The molecule has 0 fully saturated rings. The first kappa shape index (κ1) is 12.6. The summed E-state index contributed by atoms with van der Waals surface area (Å²) in [7, 11) is 0. The van der Waals surface area contributed by atoms with Gasteiger partial charge in [-0.2, -0.15) is 0 Å². The van der Waals surface area contributed by atoms with E-state index in [9.17, 15) is 9.59 Å². The molecule has 6 heteroatoms. The van der Waals surface area contributed by atoms with Crippen LogP contribution < -0.4 is 5.32 Å². The van der Waals surface area contributed by atoms with Crippen molar-refractivity contribution in [2.45, 2.75) is 26.7 Å². The molecule has 0 bridgehead atoms. The largest absolute Gasteiger partial charge is 0.477 e. The lowest BCUT2D eigenvalue weighted by Gasteiger charge is -1.99. The van der Waals surface area contributed by atoms with E-state index in [0.29, 0.717) is 17.2 Å². The molecule has 0 aliphatic carbocycles. The first-order chi connectivity index (χ1) is 7.54. The normalized spacial score (nSPS) is 10.1. The molecule has 0 aromatic carbocycles. The summed E-state index contributed by atoms with van der Waals surface area (Å²) in [5, 5.41) is 12.1. The monoisotopic (exact) mass is 242 g/mol. The van der Waals surface area contributed by atoms with Crippen LogP contribution in [0.5, 0.6) is 0 Å². The van der Waals surface area contributed by atoms with Crippen molar-refractivity contribution in [1.82, 2.24) is 10.3 Å². The molecule has 2 N–H and O–H groups in total. The van der Waals surface area contributed by atoms with Crippen LogP contribution in [0.2, 0.25) is 0 Å². The number of carbonyl (C=O) groups is 2. The fourth-order valence-electron chi connectivity index (χ4n) is 1.19. The molecule has 0 saturated carbocycles. The molecule has 1 heterocycles. The number of rotatable bonds is 5. The standard InChI is InChI=1S/C10H14N2O3S/c1-3-4-11-7(13)5-8-12-6(2)9(16-8)10(14)15/h3-5H2,1-2H3,(H,11,13)(H,14,15). The van der Waals surface area contributed by atoms with Crippen molar-refractivity contribution in [3.05, 3.63) is 15.6 Å². The molecule has 0 saturated heterocycles. The molecular weight excluding hydrogens is 228 g/mol. The van der Waals surface area contributed by atoms with Gasteiger partial charge in [0.15, 0.2) is 0 Å². The highest BCUT2D eigenvalue weighted by atomic mass is 32.1. The van der Waals surface area contributed by atoms with Gasteiger partial charge in [0.2, 0.25) is 5.91 Å². The van der Waals surface area contributed by atoms with Gasteiger partial charge in [-0.3, -0.25) is 4.79 Å². The van der Waals surface area contributed by atoms with Crippen molar-refractivity contribution in [3.8, 4) is 0 Å². The Morgan fingerprint density at radius 2 is 2.19 bits per heavy atom. The molecule has 5 nitrogen and oxygen atoms in total. The first-order valence-corrected chi connectivity index (χ1v) is 5.82. The van der Waals surface area contributed by atoms with E-state index in [4.69, 9.17) is 5.11 Å². The summed E-state index contributed by atoms with van der Waals surface area (Å²) in [5.41, 5.74) is 0.468. The van der Waals surface area contributed by atoms with Gasteiger partial charge >= 0.3 is 5.97 Å². The van der Waals surface area contributed by atoms with Crippen LogP contribution in [0.3, 0.4) is 0 Å². The van der Waals surface area contributed by atoms with Gasteiger partial charge in [-0.25, -0.2) is 9.78 Å². The van der Waals surface area contributed by atoms with Crippen molar-refractivity contribution >= 4 is 23.2 Å². The Bertz CT molecular complexity index is 401. The van der Waals surface area contributed by atoms with Gasteiger partial charge in [-0.05, 0) is 13.3 Å². The highest BCUT2D eigenvalue weighted by Gasteiger charge is 2.15. The molecule has 88 valence electrons. The lowest BCUT2D eigenvalue weighted by atomic mass is 10.4. The average molecular weight is 242 g/mol. The smallest absolute Gasteiger partial charge is 0.347 e. The van der Waals surface area contributed by atoms with Gasteiger partial charge in [0.1, 0.15) is 9.88 Å². The molecule has 0 unspecified atom stereocenters. The third kappa shape index (κ3) is 3.30. The molecule has 0 spiro atoms. The summed E-state index contributed by atoms with van der Waals surface area (Å²) >= 11 is 1.06. The van der Waals surface area contributed by atoms with Crippen LogP contribution >= 0.6 is 11.3 Å². The number of aromatic carboxylic acids is 1. The van der Waals surface area contributed by atoms with Crippen LogP contribution in [0.1, 0.15) is 33.7 Å². The zero-order chi connectivity index (χ0) is 12.1. The van der Waals surface area contributed by atoms with Crippen LogP contribution in [0.4, 0.5) is 0 Å². The summed E-state index contributed by atoms with van der Waals surface area (Å²) in [6.07, 6.45) is 1.03. The van der Waals surface area contributed by atoms with Crippen LogP contribution in [0.25, 0.3) is 0 Å². The van der Waals surface area contributed by atoms with Crippen molar-refractivity contribution in [2.75, 3.05) is 6.54 Å². The fourth-order valence-corrected chi connectivity index (χ4v) is 2.09. The maximum atomic E-state index is 11.4. The maximum Gasteiger partial charge on any atom is 0.347 e. The van der Waals surface area contributed by atoms with Crippen molar-refractivity contribution in [2.24, 2.45) is 0 Å². The van der Waals surface area contributed by atoms with Crippen LogP contribution in [0.15, 0.2) is 0 Å². The molecule has 0 aliphatic rings. The molecule has 1 aromatic heterocycles. The van der Waals surface area contributed by atoms with E-state index >= 15 is 0 Å². The maximum absolute atomic E-state index is 11.4. The third-order valence-corrected chi connectivity index (χ3v) is 3.06. The number of nitrogens with zero attached hydrogens (tertiary/aromatic N) is 1. The number of carboxylic acids is 1. The van der Waals surface area contributed by atoms with Gasteiger partial charge in [0.25, 0.3) is 0 Å². The van der Waals surface area contributed by atoms with E-state index in [1.165, 1.54) is 0 Å². The number of hydrogen-bond acceptors (Lipinski definition) is 4. The van der Waals surface area contributed by atoms with E-state index in [1.807, 2.05) is 6.92 Å². The Kier molecular flexibility index (Phi) is 4.42. The second-order valence-corrected chi connectivity index (χ2v) is 4.44. The van der Waals surface area contributed by atoms with Gasteiger partial charge in [-0.15, -0.1) is 11.3 Å². The molecule has 1 aromatic rings. The predicted octanol–water partition coefficient (Wildman–Crippen LogP) is 1.22. The van der Waals surface area contributed by atoms with Gasteiger partial charge in [-0.1, -0.05) is 6.92 Å². The van der Waals surface area contributed by atoms with E-state index < -0.39 is 5.97 Å². The molecule has 1 amide bonds. The minimum Gasteiger partial charge on any atom is -0.477 e. The van der Waals surface area contributed by atoms with E-state index in [0.717, 1.165) is 17.8 Å². The van der Waals surface area contributed by atoms with E-state index in [1.54, 1.807) is 6.92 Å². The number of carbonyl (C=O) groups excluding carboxylic acids is 1. The molecule has 1 rings (SSSR count). The van der Waals surface area contributed by atoms with Gasteiger partial charge in [0, 0.05) is 6.54 Å². The lowest BCUT2D eigenvalue weighted by molar-refractivity contribution is -0.120. The molecule has 0 radical (unpaired) electrons. The lowest BCUT2D eigenvalue weighted by Crippen LogP contribution is -2.25. The summed E-state index contributed by atoms with van der Waals surface area (Å²) in [6, 6.07) is 0. The van der Waals surface area contributed by atoms with Crippen molar-refractivity contribution in [3.63, 3.8) is 0 Å². The Labute approximate surface area is 97.5 Å². The summed E-state index contributed by atoms with van der Waals surface area (Å²) < 4.78 is 0. The molecule has 0 aliphatic heterocycles. The Hall–Kier alpha value is -1.43. The zero-order valence-electron chi connectivity index (χ0n) is 9.24. The number of hydrogen-bond donors (Lipinski definition) is 2. The fraction of sp³-hybridized carbons (Fsp3) is 0.500. The SMILES string of the molecule is CCCNC(=O)Cc1nc(C)c(C(=O)O)s1. The second-order valence-electron chi connectivity index (χ2n) is 3.35. The number of thiazole rings is 1. The Morgan fingerprint density at radius 1 is 1.50 bits per heavy atom. The first-order valence-electron chi connectivity index (χ1n) is 5.01. The van der Waals surface area contributed by atoms with Crippen LogP contribution in [-0.4, -0.2) is 28.5 Å². The van der Waals surface area contributed by atoms with Crippen molar-refractivity contribution in [1.29, 1.82) is 0 Å². The second kappa shape index (κ2) is 5.60. The predicted molar refractivity (Wildman–Crippen MR) is 60.8 cm³/mol. The average Bonchev–Trinajstić information content (AvgIpc) is 2.56. The van der Waals surface area contributed by atoms with E-state index in [-0.39, 0.29) is 17.2 Å². The summed E-state index contributed by atoms with van der Waals surface area (Å²) in [4.78, 5) is 26.4. The summed E-state index contributed by atoms with van der Waals surface area (Å²) in [5.74, 6) is -1.11. The quantitative estimate of drug-likeness (QED) is 0.813. The van der Waals surface area contributed by atoms with Gasteiger partial charge < -0.3 is 10.4 Å². The Morgan fingerprint density at radius 3 is 2.69 bits per heavy atom. The zero-order valence-corrected chi connectivity index (χ0v) is 10.1. The molecular formula is C10H14N2O3S. The minimum atomic E-state index is -0.991. The van der Waals surface area contributed by atoms with Crippen LogP contribution in [-0.2, 0) is 11.2 Å². The topological polar surface area (TPSA) is 79.3 Å². The van der Waals surface area contributed by atoms with Crippen LogP contribution in [0, 0.1) is 6.92 Å².